The van der Waals surface area contributed by atoms with E-state index in [1.54, 1.807) is 13.0 Å². The van der Waals surface area contributed by atoms with E-state index in [1.165, 1.54) is 13.2 Å². The molecule has 16 heavy (non-hydrogen) atoms. The number of carboxylic acids is 1. The van der Waals surface area contributed by atoms with Crippen LogP contribution in [0.5, 0.6) is 5.75 Å². The molecule has 1 rings (SSSR count). The molecule has 0 aliphatic carbocycles. The maximum atomic E-state index is 13.4. The first kappa shape index (κ1) is 12.4. The Morgan fingerprint density at radius 1 is 1.62 bits per heavy atom. The fraction of sp³-hybridized carbons (Fsp3) is 0.364. The van der Waals surface area contributed by atoms with Crippen molar-refractivity contribution in [3.05, 3.63) is 29.1 Å². The lowest BCUT2D eigenvalue weighted by atomic mass is 9.98. The Labute approximate surface area is 92.8 Å². The summed E-state index contributed by atoms with van der Waals surface area (Å²) in [5.41, 5.74) is 6.84. The number of nitrogens with two attached hydrogens (primary N) is 1. The second-order valence-corrected chi connectivity index (χ2v) is 3.52. The van der Waals surface area contributed by atoms with E-state index >= 15 is 0 Å². The van der Waals surface area contributed by atoms with Gasteiger partial charge >= 0.3 is 5.97 Å². The van der Waals surface area contributed by atoms with Crippen molar-refractivity contribution in [3.8, 4) is 5.75 Å². The van der Waals surface area contributed by atoms with Crippen LogP contribution in [0, 0.1) is 12.7 Å². The largest absolute Gasteiger partial charge is 0.493 e. The first-order valence-electron chi connectivity index (χ1n) is 4.77. The summed E-state index contributed by atoms with van der Waals surface area (Å²) in [5.74, 6) is -1.55. The van der Waals surface area contributed by atoms with Crippen molar-refractivity contribution in [2.24, 2.45) is 5.73 Å². The van der Waals surface area contributed by atoms with Crippen LogP contribution in [0.15, 0.2) is 12.1 Å². The lowest BCUT2D eigenvalue weighted by Crippen LogP contribution is -2.17. The minimum absolute atomic E-state index is 0.0220. The van der Waals surface area contributed by atoms with Gasteiger partial charge in [-0.25, -0.2) is 4.39 Å². The molecule has 0 aliphatic rings. The van der Waals surface area contributed by atoms with Gasteiger partial charge < -0.3 is 15.6 Å². The maximum Gasteiger partial charge on any atom is 0.305 e. The van der Waals surface area contributed by atoms with Gasteiger partial charge in [-0.05, 0) is 18.6 Å². The lowest BCUT2D eigenvalue weighted by molar-refractivity contribution is -0.137. The van der Waals surface area contributed by atoms with Crippen molar-refractivity contribution in [1.82, 2.24) is 0 Å². The quantitative estimate of drug-likeness (QED) is 0.819. The molecule has 0 saturated heterocycles. The van der Waals surface area contributed by atoms with E-state index < -0.39 is 17.8 Å². The van der Waals surface area contributed by atoms with Crippen LogP contribution in [-0.4, -0.2) is 18.2 Å². The highest BCUT2D eigenvalue weighted by atomic mass is 19.1. The Morgan fingerprint density at radius 2 is 2.25 bits per heavy atom. The van der Waals surface area contributed by atoms with E-state index in [4.69, 9.17) is 15.6 Å². The molecule has 3 N–H and O–H groups in total. The standard InChI is InChI=1S/C11H14FNO3/c1-6-3-4-7(12)11(16-2)10(6)8(13)5-9(14)15/h3-4,8H,5,13H2,1-2H3,(H,14,15). The summed E-state index contributed by atoms with van der Waals surface area (Å²) >= 11 is 0. The van der Waals surface area contributed by atoms with Crippen LogP contribution in [0.3, 0.4) is 0 Å². The summed E-state index contributed by atoms with van der Waals surface area (Å²) in [5, 5.41) is 8.65. The van der Waals surface area contributed by atoms with Gasteiger partial charge in [0.1, 0.15) is 0 Å². The van der Waals surface area contributed by atoms with Crippen molar-refractivity contribution in [3.63, 3.8) is 0 Å². The predicted molar refractivity (Wildman–Crippen MR) is 56.9 cm³/mol. The Kier molecular flexibility index (Phi) is 3.84. The van der Waals surface area contributed by atoms with E-state index in [9.17, 15) is 9.18 Å². The zero-order valence-electron chi connectivity index (χ0n) is 9.16. The van der Waals surface area contributed by atoms with Gasteiger partial charge in [-0.1, -0.05) is 6.07 Å². The summed E-state index contributed by atoms with van der Waals surface area (Å²) in [7, 11) is 1.33. The van der Waals surface area contributed by atoms with Gasteiger partial charge in [0.05, 0.1) is 13.5 Å². The molecule has 0 heterocycles. The molecule has 1 aromatic carbocycles. The minimum Gasteiger partial charge on any atom is -0.493 e. The molecule has 0 bridgehead atoms. The average Bonchev–Trinajstić information content (AvgIpc) is 2.19. The van der Waals surface area contributed by atoms with Crippen LogP contribution in [0.1, 0.15) is 23.6 Å². The number of carbonyl (C=O) groups is 1. The molecule has 1 unspecified atom stereocenters. The molecule has 1 atom stereocenters. The van der Waals surface area contributed by atoms with Gasteiger partial charge in [-0.3, -0.25) is 4.79 Å². The first-order chi connectivity index (χ1) is 7.47. The Bertz CT molecular complexity index is 406. The van der Waals surface area contributed by atoms with E-state index in [-0.39, 0.29) is 12.2 Å². The molecule has 4 nitrogen and oxygen atoms in total. The van der Waals surface area contributed by atoms with Gasteiger partial charge in [-0.15, -0.1) is 0 Å². The van der Waals surface area contributed by atoms with Crippen molar-refractivity contribution in [1.29, 1.82) is 0 Å². The number of aliphatic carboxylic acids is 1. The topological polar surface area (TPSA) is 72.5 Å². The van der Waals surface area contributed by atoms with Gasteiger partial charge in [0.15, 0.2) is 11.6 Å². The van der Waals surface area contributed by atoms with E-state index in [2.05, 4.69) is 0 Å². The SMILES string of the molecule is COc1c(F)ccc(C)c1C(N)CC(=O)O. The first-order valence-corrected chi connectivity index (χ1v) is 4.77. The third-order valence-corrected chi connectivity index (χ3v) is 2.34. The van der Waals surface area contributed by atoms with E-state index in [0.717, 1.165) is 0 Å². The Morgan fingerprint density at radius 3 is 2.75 bits per heavy atom. The van der Waals surface area contributed by atoms with Crippen molar-refractivity contribution in [2.45, 2.75) is 19.4 Å². The number of hydrogen-bond acceptors (Lipinski definition) is 3. The van der Waals surface area contributed by atoms with E-state index in [0.29, 0.717) is 11.1 Å². The predicted octanol–water partition coefficient (Wildman–Crippen LogP) is 1.62. The molecule has 0 amide bonds. The molecule has 0 radical (unpaired) electrons. The van der Waals surface area contributed by atoms with Crippen molar-refractivity contribution < 1.29 is 19.0 Å². The second kappa shape index (κ2) is 4.94. The number of hydrogen-bond donors (Lipinski definition) is 2. The Hall–Kier alpha value is -1.62. The van der Waals surface area contributed by atoms with Crippen LogP contribution in [0.2, 0.25) is 0 Å². The highest BCUT2D eigenvalue weighted by molar-refractivity contribution is 5.68. The molecule has 0 aliphatic heterocycles. The molecule has 0 aromatic heterocycles. The number of aryl methyl sites for hydroxylation is 1. The molecule has 0 saturated carbocycles. The highest BCUT2D eigenvalue weighted by Gasteiger charge is 2.20. The van der Waals surface area contributed by atoms with Gasteiger partial charge in [0, 0.05) is 11.6 Å². The van der Waals surface area contributed by atoms with Crippen molar-refractivity contribution >= 4 is 5.97 Å². The minimum atomic E-state index is -1.03. The van der Waals surface area contributed by atoms with Gasteiger partial charge in [-0.2, -0.15) is 0 Å². The fourth-order valence-electron chi connectivity index (χ4n) is 1.63. The van der Waals surface area contributed by atoms with E-state index in [1.807, 2.05) is 0 Å². The van der Waals surface area contributed by atoms with Gasteiger partial charge in [0.25, 0.3) is 0 Å². The normalized spacial score (nSPS) is 12.2. The molecule has 5 heteroatoms. The lowest BCUT2D eigenvalue weighted by Gasteiger charge is -2.17. The third-order valence-electron chi connectivity index (χ3n) is 2.34. The summed E-state index contributed by atoms with van der Waals surface area (Å²) in [6.07, 6.45) is -0.263. The molecule has 0 spiro atoms. The van der Waals surface area contributed by atoms with Crippen LogP contribution < -0.4 is 10.5 Å². The fourth-order valence-corrected chi connectivity index (χ4v) is 1.63. The van der Waals surface area contributed by atoms with Gasteiger partial charge in [0.2, 0.25) is 0 Å². The number of halogens is 1. The van der Waals surface area contributed by atoms with Crippen LogP contribution in [0.4, 0.5) is 4.39 Å². The smallest absolute Gasteiger partial charge is 0.305 e. The summed E-state index contributed by atoms with van der Waals surface area (Å²) in [6.45, 7) is 1.74. The highest BCUT2D eigenvalue weighted by Crippen LogP contribution is 2.31. The number of methoxy groups -OCH3 is 1. The summed E-state index contributed by atoms with van der Waals surface area (Å²) in [4.78, 5) is 10.6. The van der Waals surface area contributed by atoms with Crippen LogP contribution in [0.25, 0.3) is 0 Å². The number of carboxylic acid groups (broad SMARTS) is 1. The van der Waals surface area contributed by atoms with Crippen molar-refractivity contribution in [2.75, 3.05) is 7.11 Å². The maximum absolute atomic E-state index is 13.4. The third kappa shape index (κ3) is 2.49. The zero-order chi connectivity index (χ0) is 12.3. The Balaban J connectivity index is 3.19. The number of benzene rings is 1. The molecule has 0 fully saturated rings. The van der Waals surface area contributed by atoms with Crippen LogP contribution >= 0.6 is 0 Å². The summed E-state index contributed by atoms with van der Waals surface area (Å²) < 4.78 is 18.3. The molecular weight excluding hydrogens is 213 g/mol. The average molecular weight is 227 g/mol. The number of rotatable bonds is 4. The zero-order valence-corrected chi connectivity index (χ0v) is 9.16. The van der Waals surface area contributed by atoms with Crippen LogP contribution in [-0.2, 0) is 4.79 Å². The molecule has 1 aromatic rings. The summed E-state index contributed by atoms with van der Waals surface area (Å²) in [6, 6.07) is 2.04. The number of ether oxygens (including phenoxy) is 1. The molecule has 88 valence electrons. The second-order valence-electron chi connectivity index (χ2n) is 3.52. The molecular formula is C11H14FNO3. The monoisotopic (exact) mass is 227 g/mol.